The fraction of sp³-hybridized carbons (Fsp3) is 1.00. The number of hydrogen-bond acceptors (Lipinski definition) is 6. The van der Waals surface area contributed by atoms with Crippen molar-refractivity contribution >= 4 is 0 Å². The van der Waals surface area contributed by atoms with Crippen molar-refractivity contribution in [1.82, 2.24) is 20.0 Å². The van der Waals surface area contributed by atoms with E-state index in [0.29, 0.717) is 6.61 Å². The number of piperazine rings is 2. The van der Waals surface area contributed by atoms with E-state index in [1.165, 1.54) is 39.3 Å². The van der Waals surface area contributed by atoms with Gasteiger partial charge in [0.25, 0.3) is 0 Å². The molecule has 2 rings (SSSR count). The Morgan fingerprint density at radius 3 is 1.83 bits per heavy atom. The highest BCUT2D eigenvalue weighted by Gasteiger charge is 2.17. The zero-order chi connectivity index (χ0) is 12.6. The Kier molecular flexibility index (Phi) is 6.33. The maximum atomic E-state index is 5.06. The molecular weight excluding hydrogens is 230 g/mol. The molecule has 2 aliphatic heterocycles. The lowest BCUT2D eigenvalue weighted by atomic mass is 10.3. The Labute approximate surface area is 110 Å². The van der Waals surface area contributed by atoms with Crippen molar-refractivity contribution in [3.05, 3.63) is 0 Å². The van der Waals surface area contributed by atoms with Gasteiger partial charge in [0.05, 0.1) is 6.61 Å². The summed E-state index contributed by atoms with van der Waals surface area (Å²) in [6.45, 7) is 13.4. The van der Waals surface area contributed by atoms with Crippen LogP contribution in [-0.2, 0) is 4.84 Å². The van der Waals surface area contributed by atoms with Gasteiger partial charge in [-0.1, -0.05) is 0 Å². The van der Waals surface area contributed by atoms with Crippen molar-refractivity contribution in [3.8, 4) is 0 Å². The molecule has 2 aliphatic rings. The maximum absolute atomic E-state index is 5.06. The van der Waals surface area contributed by atoms with Gasteiger partial charge in [0.15, 0.2) is 0 Å². The van der Waals surface area contributed by atoms with Crippen LogP contribution in [0.25, 0.3) is 0 Å². The van der Waals surface area contributed by atoms with E-state index in [0.717, 1.165) is 32.7 Å². The van der Waals surface area contributed by atoms with Gasteiger partial charge in [-0.2, -0.15) is 0 Å². The minimum absolute atomic E-state index is 0.640. The lowest BCUT2D eigenvalue weighted by Gasteiger charge is -2.36. The van der Waals surface area contributed by atoms with Crippen LogP contribution in [0, 0.1) is 0 Å². The second-order valence-corrected chi connectivity index (χ2v) is 5.15. The second kappa shape index (κ2) is 8.04. The zero-order valence-corrected chi connectivity index (χ0v) is 11.3. The smallest absolute Gasteiger partial charge is 0.0806 e. The summed E-state index contributed by atoms with van der Waals surface area (Å²) in [4.78, 5) is 12.2. The molecule has 0 atom stereocenters. The van der Waals surface area contributed by atoms with Crippen molar-refractivity contribution in [3.63, 3.8) is 0 Å². The monoisotopic (exact) mass is 257 g/mol. The van der Waals surface area contributed by atoms with Crippen LogP contribution in [0.1, 0.15) is 0 Å². The van der Waals surface area contributed by atoms with Gasteiger partial charge in [-0.3, -0.25) is 14.7 Å². The first kappa shape index (κ1) is 14.2. The van der Waals surface area contributed by atoms with Crippen LogP contribution in [0.5, 0.6) is 0 Å². The van der Waals surface area contributed by atoms with E-state index >= 15 is 0 Å². The fourth-order valence-corrected chi connectivity index (χ4v) is 2.64. The molecule has 2 fully saturated rings. The van der Waals surface area contributed by atoms with Gasteiger partial charge in [0.1, 0.15) is 0 Å². The molecule has 2 saturated heterocycles. The number of hydrogen-bond donors (Lipinski definition) is 2. The average molecular weight is 257 g/mol. The third kappa shape index (κ3) is 4.79. The topological polar surface area (TPSA) is 57.0 Å². The van der Waals surface area contributed by atoms with Gasteiger partial charge in [0, 0.05) is 72.0 Å². The fourth-order valence-electron chi connectivity index (χ4n) is 2.64. The molecule has 0 aromatic carbocycles. The number of rotatable bonds is 6. The minimum atomic E-state index is 0.640. The molecular formula is C12H27N5O. The molecule has 3 N–H and O–H groups in total. The molecule has 106 valence electrons. The average Bonchev–Trinajstić information content (AvgIpc) is 2.45. The predicted molar refractivity (Wildman–Crippen MR) is 72.3 cm³/mol. The maximum Gasteiger partial charge on any atom is 0.0806 e. The highest BCUT2D eigenvalue weighted by Crippen LogP contribution is 2.02. The van der Waals surface area contributed by atoms with E-state index in [9.17, 15) is 0 Å². The molecule has 0 aromatic rings. The van der Waals surface area contributed by atoms with E-state index in [2.05, 4.69) is 24.9 Å². The minimum Gasteiger partial charge on any atom is -0.314 e. The summed E-state index contributed by atoms with van der Waals surface area (Å²) in [7, 11) is 0. The third-order valence-electron chi connectivity index (χ3n) is 3.93. The standard InChI is InChI=1S/C12H27N5O/c13-18-12-11-17-9-7-16(8-10-17)6-5-15-3-1-14-2-4-15/h14H,1-13H2. The summed E-state index contributed by atoms with van der Waals surface area (Å²) in [5.74, 6) is 5.06. The van der Waals surface area contributed by atoms with Gasteiger partial charge in [-0.15, -0.1) is 0 Å². The Morgan fingerprint density at radius 2 is 1.28 bits per heavy atom. The van der Waals surface area contributed by atoms with Crippen LogP contribution in [0.4, 0.5) is 0 Å². The number of nitrogens with two attached hydrogens (primary N) is 1. The van der Waals surface area contributed by atoms with Gasteiger partial charge in [0.2, 0.25) is 0 Å². The largest absolute Gasteiger partial charge is 0.314 e. The molecule has 0 unspecified atom stereocenters. The molecule has 2 heterocycles. The Morgan fingerprint density at radius 1 is 0.778 bits per heavy atom. The molecule has 0 bridgehead atoms. The van der Waals surface area contributed by atoms with Gasteiger partial charge in [-0.05, 0) is 0 Å². The van der Waals surface area contributed by atoms with Crippen LogP contribution < -0.4 is 11.2 Å². The van der Waals surface area contributed by atoms with E-state index < -0.39 is 0 Å². The van der Waals surface area contributed by atoms with Crippen molar-refractivity contribution in [2.24, 2.45) is 5.90 Å². The summed E-state index contributed by atoms with van der Waals surface area (Å²) in [6.07, 6.45) is 0. The second-order valence-electron chi connectivity index (χ2n) is 5.15. The normalized spacial score (nSPS) is 24.5. The zero-order valence-electron chi connectivity index (χ0n) is 11.3. The summed E-state index contributed by atoms with van der Waals surface area (Å²) in [5, 5.41) is 3.39. The van der Waals surface area contributed by atoms with Crippen molar-refractivity contribution < 1.29 is 4.84 Å². The van der Waals surface area contributed by atoms with Gasteiger partial charge >= 0.3 is 0 Å². The molecule has 0 radical (unpaired) electrons. The Balaban J connectivity index is 1.55. The number of nitrogens with zero attached hydrogens (tertiary/aromatic N) is 3. The molecule has 0 aromatic heterocycles. The van der Waals surface area contributed by atoms with Crippen LogP contribution in [0.3, 0.4) is 0 Å². The van der Waals surface area contributed by atoms with Gasteiger partial charge in [-0.25, -0.2) is 5.90 Å². The van der Waals surface area contributed by atoms with E-state index in [4.69, 9.17) is 5.90 Å². The van der Waals surface area contributed by atoms with Crippen LogP contribution >= 0.6 is 0 Å². The SMILES string of the molecule is NOCCN1CCN(CCN2CCNCC2)CC1. The first-order chi connectivity index (χ1) is 8.88. The van der Waals surface area contributed by atoms with E-state index in [1.54, 1.807) is 0 Å². The lowest BCUT2D eigenvalue weighted by molar-refractivity contribution is 0.0719. The molecule has 0 saturated carbocycles. The van der Waals surface area contributed by atoms with Crippen LogP contribution in [0.15, 0.2) is 0 Å². The van der Waals surface area contributed by atoms with Crippen LogP contribution in [-0.4, -0.2) is 93.3 Å². The Bertz CT molecular complexity index is 215. The summed E-state index contributed by atoms with van der Waals surface area (Å²) in [6, 6.07) is 0. The molecule has 6 heteroatoms. The van der Waals surface area contributed by atoms with Crippen LogP contribution in [0.2, 0.25) is 0 Å². The lowest BCUT2D eigenvalue weighted by Crippen LogP contribution is -2.51. The Hall–Kier alpha value is -0.240. The van der Waals surface area contributed by atoms with Crippen molar-refractivity contribution in [2.75, 3.05) is 78.6 Å². The molecule has 0 amide bonds. The summed E-state index contributed by atoms with van der Waals surface area (Å²) in [5.41, 5.74) is 0. The highest BCUT2D eigenvalue weighted by atomic mass is 16.6. The summed E-state index contributed by atoms with van der Waals surface area (Å²) >= 11 is 0. The molecule has 0 spiro atoms. The van der Waals surface area contributed by atoms with E-state index in [1.807, 2.05) is 0 Å². The number of nitrogens with one attached hydrogen (secondary N) is 1. The molecule has 18 heavy (non-hydrogen) atoms. The quantitative estimate of drug-likeness (QED) is 0.559. The first-order valence-corrected chi connectivity index (χ1v) is 7.08. The van der Waals surface area contributed by atoms with E-state index in [-0.39, 0.29) is 0 Å². The van der Waals surface area contributed by atoms with Crippen molar-refractivity contribution in [2.45, 2.75) is 0 Å². The first-order valence-electron chi connectivity index (χ1n) is 7.08. The highest BCUT2D eigenvalue weighted by molar-refractivity contribution is 4.74. The van der Waals surface area contributed by atoms with Crippen molar-refractivity contribution in [1.29, 1.82) is 0 Å². The molecule has 0 aliphatic carbocycles. The summed E-state index contributed by atoms with van der Waals surface area (Å²) < 4.78 is 0. The van der Waals surface area contributed by atoms with Gasteiger partial charge < -0.3 is 10.2 Å². The third-order valence-corrected chi connectivity index (χ3v) is 3.93. The molecule has 6 nitrogen and oxygen atoms in total. The predicted octanol–water partition coefficient (Wildman–Crippen LogP) is -1.60.